The second-order valence-corrected chi connectivity index (χ2v) is 11.8. The van der Waals surface area contributed by atoms with Gasteiger partial charge in [-0.3, -0.25) is 0 Å². The second kappa shape index (κ2) is 26.0. The van der Waals surface area contributed by atoms with Gasteiger partial charge in [-0.05, 0) is 19.3 Å². The van der Waals surface area contributed by atoms with E-state index in [1.165, 1.54) is 180 Å². The van der Waals surface area contributed by atoms with Gasteiger partial charge in [-0.15, -0.1) is 0 Å². The fraction of sp³-hybridized carbons (Fsp3) is 0.941. The van der Waals surface area contributed by atoms with Crippen molar-refractivity contribution in [2.24, 2.45) is 0 Å². The summed E-state index contributed by atoms with van der Waals surface area (Å²) >= 11 is 0. The first-order chi connectivity index (χ1) is 17.8. The van der Waals surface area contributed by atoms with E-state index in [9.17, 15) is 0 Å². The average Bonchev–Trinajstić information content (AvgIpc) is 3.29. The highest BCUT2D eigenvalue weighted by Crippen LogP contribution is 2.21. The van der Waals surface area contributed by atoms with E-state index >= 15 is 0 Å². The smallest absolute Gasteiger partial charge is 0.100 e. The molecule has 0 aromatic carbocycles. The van der Waals surface area contributed by atoms with Crippen LogP contribution in [0.4, 0.5) is 0 Å². The van der Waals surface area contributed by atoms with Crippen molar-refractivity contribution in [3.05, 3.63) is 12.4 Å². The highest BCUT2D eigenvalue weighted by Gasteiger charge is 2.23. The molecule has 0 amide bonds. The maximum Gasteiger partial charge on any atom is 0.100 e. The lowest BCUT2D eigenvalue weighted by molar-refractivity contribution is 0.144. The average molecular weight is 505 g/mol. The Balaban J connectivity index is 1.90. The minimum absolute atomic E-state index is 0.621. The number of rotatable bonds is 28. The van der Waals surface area contributed by atoms with Gasteiger partial charge in [0.05, 0.1) is 0 Å². The lowest BCUT2D eigenvalue weighted by Gasteiger charge is -2.32. The fourth-order valence-corrected chi connectivity index (χ4v) is 5.92. The molecule has 0 radical (unpaired) electrons. The topological polar surface area (TPSA) is 6.48 Å². The van der Waals surface area contributed by atoms with Crippen molar-refractivity contribution in [1.82, 2.24) is 9.80 Å². The molecule has 0 aliphatic carbocycles. The number of hydrogen-bond donors (Lipinski definition) is 0. The van der Waals surface area contributed by atoms with Gasteiger partial charge >= 0.3 is 0 Å². The molecule has 0 spiro atoms. The van der Waals surface area contributed by atoms with Gasteiger partial charge < -0.3 is 9.80 Å². The number of unbranched alkanes of at least 4 members (excludes halogenated alkanes) is 23. The van der Waals surface area contributed by atoms with Crippen molar-refractivity contribution in [3.8, 4) is 0 Å². The Morgan fingerprint density at radius 3 is 0.861 bits per heavy atom. The minimum atomic E-state index is 0.621. The first-order valence-electron chi connectivity index (χ1n) is 17.0. The van der Waals surface area contributed by atoms with Crippen molar-refractivity contribution >= 4 is 0 Å². The molecule has 0 bridgehead atoms. The van der Waals surface area contributed by atoms with Gasteiger partial charge in [0.1, 0.15) is 6.17 Å². The quantitative estimate of drug-likeness (QED) is 0.0977. The molecule has 36 heavy (non-hydrogen) atoms. The maximum absolute atomic E-state index is 2.62. The number of nitrogens with zero attached hydrogens (tertiary/aromatic N) is 2. The summed E-state index contributed by atoms with van der Waals surface area (Å²) in [6.45, 7) is 9.48. The molecule has 0 fully saturated rings. The standard InChI is InChI=1S/C34H68N2/c1-4-7-9-11-13-15-17-18-19-20-21-23-25-27-29-31-36-33-32-35(34(36)6-3)30-28-26-24-22-16-14-12-10-8-5-2/h32-34H,4-31H2,1-3H3. The predicted molar refractivity (Wildman–Crippen MR) is 163 cm³/mol. The molecule has 1 unspecified atom stereocenters. The summed E-state index contributed by atoms with van der Waals surface area (Å²) in [5.74, 6) is 0. The van der Waals surface area contributed by atoms with E-state index in [1.807, 2.05) is 0 Å². The van der Waals surface area contributed by atoms with Gasteiger partial charge in [0, 0.05) is 25.5 Å². The molecule has 0 aromatic heterocycles. The fourth-order valence-electron chi connectivity index (χ4n) is 5.92. The van der Waals surface area contributed by atoms with Crippen LogP contribution in [0.3, 0.4) is 0 Å². The zero-order chi connectivity index (χ0) is 25.9. The molecular formula is C34H68N2. The summed E-state index contributed by atoms with van der Waals surface area (Å²) in [6, 6.07) is 0. The van der Waals surface area contributed by atoms with Crippen molar-refractivity contribution in [2.75, 3.05) is 13.1 Å². The Kier molecular flexibility index (Phi) is 24.1. The molecule has 0 saturated heterocycles. The van der Waals surface area contributed by atoms with E-state index in [-0.39, 0.29) is 0 Å². The number of hydrogen-bond acceptors (Lipinski definition) is 2. The van der Waals surface area contributed by atoms with E-state index in [4.69, 9.17) is 0 Å². The van der Waals surface area contributed by atoms with Crippen LogP contribution >= 0.6 is 0 Å². The molecule has 1 rings (SSSR count). The van der Waals surface area contributed by atoms with Crippen LogP contribution in [-0.4, -0.2) is 29.1 Å². The van der Waals surface area contributed by atoms with Crippen LogP contribution in [0, 0.1) is 0 Å². The summed E-state index contributed by atoms with van der Waals surface area (Å²) < 4.78 is 0. The summed E-state index contributed by atoms with van der Waals surface area (Å²) in [5, 5.41) is 0. The molecule has 2 nitrogen and oxygen atoms in total. The van der Waals surface area contributed by atoms with Gasteiger partial charge in [-0.1, -0.05) is 168 Å². The molecule has 0 aromatic rings. The van der Waals surface area contributed by atoms with Crippen molar-refractivity contribution < 1.29 is 0 Å². The van der Waals surface area contributed by atoms with E-state index in [2.05, 4.69) is 43.0 Å². The summed E-state index contributed by atoms with van der Waals surface area (Å²) in [4.78, 5) is 5.24. The third kappa shape index (κ3) is 18.6. The molecule has 0 saturated carbocycles. The largest absolute Gasteiger partial charge is 0.356 e. The van der Waals surface area contributed by atoms with Crippen molar-refractivity contribution in [2.45, 2.75) is 194 Å². The first kappa shape index (κ1) is 33.4. The van der Waals surface area contributed by atoms with Gasteiger partial charge in [0.25, 0.3) is 0 Å². The van der Waals surface area contributed by atoms with Crippen LogP contribution in [-0.2, 0) is 0 Å². The molecule has 1 aliphatic heterocycles. The van der Waals surface area contributed by atoms with Gasteiger partial charge in [-0.25, -0.2) is 0 Å². The van der Waals surface area contributed by atoms with Gasteiger partial charge in [0.15, 0.2) is 0 Å². The molecular weight excluding hydrogens is 436 g/mol. The SMILES string of the molecule is CCCCCCCCCCCCCCCCCN1C=CN(CCCCCCCCCCCC)C1CC. The summed E-state index contributed by atoms with van der Waals surface area (Å²) in [6.07, 6.45) is 42.6. The van der Waals surface area contributed by atoms with Crippen LogP contribution in [0.1, 0.15) is 188 Å². The van der Waals surface area contributed by atoms with E-state index in [0.29, 0.717) is 6.17 Å². The zero-order valence-electron chi connectivity index (χ0n) is 25.4. The van der Waals surface area contributed by atoms with Crippen LogP contribution in [0.25, 0.3) is 0 Å². The van der Waals surface area contributed by atoms with Crippen LogP contribution in [0.2, 0.25) is 0 Å². The van der Waals surface area contributed by atoms with Crippen molar-refractivity contribution in [1.29, 1.82) is 0 Å². The van der Waals surface area contributed by atoms with Crippen molar-refractivity contribution in [3.63, 3.8) is 0 Å². The summed E-state index contributed by atoms with van der Waals surface area (Å²) in [5.41, 5.74) is 0. The lowest BCUT2D eigenvalue weighted by atomic mass is 10.0. The Morgan fingerprint density at radius 2 is 0.611 bits per heavy atom. The zero-order valence-corrected chi connectivity index (χ0v) is 25.4. The highest BCUT2D eigenvalue weighted by atomic mass is 15.4. The van der Waals surface area contributed by atoms with Gasteiger partial charge in [0.2, 0.25) is 0 Å². The minimum Gasteiger partial charge on any atom is -0.356 e. The molecule has 2 heteroatoms. The van der Waals surface area contributed by atoms with E-state index in [1.54, 1.807) is 0 Å². The Morgan fingerprint density at radius 1 is 0.361 bits per heavy atom. The van der Waals surface area contributed by atoms with Gasteiger partial charge in [-0.2, -0.15) is 0 Å². The maximum atomic E-state index is 2.62. The van der Waals surface area contributed by atoms with Crippen LogP contribution in [0.15, 0.2) is 12.4 Å². The molecule has 0 N–H and O–H groups in total. The van der Waals surface area contributed by atoms with E-state index < -0.39 is 0 Å². The Hall–Kier alpha value is -0.660. The summed E-state index contributed by atoms with van der Waals surface area (Å²) in [7, 11) is 0. The second-order valence-electron chi connectivity index (χ2n) is 11.8. The molecule has 1 atom stereocenters. The first-order valence-corrected chi connectivity index (χ1v) is 17.0. The van der Waals surface area contributed by atoms with Crippen LogP contribution in [0.5, 0.6) is 0 Å². The Bertz CT molecular complexity index is 460. The molecule has 1 heterocycles. The van der Waals surface area contributed by atoms with E-state index in [0.717, 1.165) is 0 Å². The van der Waals surface area contributed by atoms with Crippen LogP contribution < -0.4 is 0 Å². The normalized spacial score (nSPS) is 15.5. The lowest BCUT2D eigenvalue weighted by Crippen LogP contribution is -2.38. The highest BCUT2D eigenvalue weighted by molar-refractivity contribution is 4.96. The third-order valence-corrected chi connectivity index (χ3v) is 8.37. The molecule has 1 aliphatic rings. The Labute approximate surface area is 229 Å². The third-order valence-electron chi connectivity index (χ3n) is 8.37. The monoisotopic (exact) mass is 505 g/mol. The predicted octanol–water partition coefficient (Wildman–Crippen LogP) is 11.6. The molecule has 214 valence electrons.